The number of amides is 2. The lowest BCUT2D eigenvalue weighted by atomic mass is 10.2. The van der Waals surface area contributed by atoms with E-state index in [9.17, 15) is 4.79 Å². The molecule has 1 aromatic rings. The predicted molar refractivity (Wildman–Crippen MR) is 59.3 cm³/mol. The summed E-state index contributed by atoms with van der Waals surface area (Å²) in [4.78, 5) is 10.8. The molecule has 0 aliphatic rings. The van der Waals surface area contributed by atoms with Gasteiger partial charge in [-0.15, -0.1) is 0 Å². The average Bonchev–Trinajstić information content (AvgIpc) is 2.27. The standard InChI is InChI=1S/C10H14N2O4/c1-14-7-5-4-6(12-10(11)13)8(15-2)9(7)16-3/h4-5H,1-3H3,(H3,11,12,13). The van der Waals surface area contributed by atoms with Crippen molar-refractivity contribution in [2.45, 2.75) is 0 Å². The van der Waals surface area contributed by atoms with Gasteiger partial charge in [-0.2, -0.15) is 0 Å². The second-order valence-corrected chi connectivity index (χ2v) is 2.87. The highest BCUT2D eigenvalue weighted by Crippen LogP contribution is 2.42. The number of hydrogen-bond donors (Lipinski definition) is 2. The quantitative estimate of drug-likeness (QED) is 0.808. The SMILES string of the molecule is COc1ccc(NC(N)=O)c(OC)c1OC. The van der Waals surface area contributed by atoms with Gasteiger partial charge in [0.1, 0.15) is 0 Å². The molecule has 0 aliphatic carbocycles. The molecule has 0 saturated heterocycles. The first-order valence-electron chi connectivity index (χ1n) is 4.49. The van der Waals surface area contributed by atoms with Crippen LogP contribution in [-0.2, 0) is 0 Å². The molecule has 0 fully saturated rings. The summed E-state index contributed by atoms with van der Waals surface area (Å²) >= 11 is 0. The van der Waals surface area contributed by atoms with Crippen LogP contribution in [0, 0.1) is 0 Å². The van der Waals surface area contributed by atoms with Gasteiger partial charge in [-0.1, -0.05) is 0 Å². The van der Waals surface area contributed by atoms with E-state index < -0.39 is 6.03 Å². The number of anilines is 1. The van der Waals surface area contributed by atoms with E-state index in [1.807, 2.05) is 0 Å². The number of ether oxygens (including phenoxy) is 3. The number of carbonyl (C=O) groups is 1. The van der Waals surface area contributed by atoms with E-state index in [1.54, 1.807) is 12.1 Å². The molecule has 1 aromatic carbocycles. The number of methoxy groups -OCH3 is 3. The molecule has 88 valence electrons. The summed E-state index contributed by atoms with van der Waals surface area (Å²) in [6.45, 7) is 0. The fourth-order valence-corrected chi connectivity index (χ4v) is 1.33. The van der Waals surface area contributed by atoms with E-state index in [2.05, 4.69) is 5.32 Å². The van der Waals surface area contributed by atoms with Gasteiger partial charge in [0.05, 0.1) is 27.0 Å². The van der Waals surface area contributed by atoms with Crippen LogP contribution in [0.4, 0.5) is 10.5 Å². The first-order valence-corrected chi connectivity index (χ1v) is 4.49. The number of carbonyl (C=O) groups excluding carboxylic acids is 1. The van der Waals surface area contributed by atoms with Gasteiger partial charge in [0.2, 0.25) is 5.75 Å². The van der Waals surface area contributed by atoms with E-state index in [-0.39, 0.29) is 0 Å². The summed E-state index contributed by atoms with van der Waals surface area (Å²) in [6, 6.07) is 2.59. The van der Waals surface area contributed by atoms with Crippen LogP contribution in [-0.4, -0.2) is 27.4 Å². The Morgan fingerprint density at radius 2 is 1.75 bits per heavy atom. The maximum Gasteiger partial charge on any atom is 0.316 e. The average molecular weight is 226 g/mol. The molecular formula is C10H14N2O4. The number of urea groups is 1. The highest BCUT2D eigenvalue weighted by Gasteiger charge is 2.16. The molecule has 0 aromatic heterocycles. The van der Waals surface area contributed by atoms with Crippen molar-refractivity contribution in [1.82, 2.24) is 0 Å². The molecule has 0 saturated carbocycles. The predicted octanol–water partition coefficient (Wildman–Crippen LogP) is 1.20. The maximum atomic E-state index is 10.8. The second kappa shape index (κ2) is 5.11. The number of hydrogen-bond acceptors (Lipinski definition) is 4. The Hall–Kier alpha value is -2.11. The molecule has 0 atom stereocenters. The summed E-state index contributed by atoms with van der Waals surface area (Å²) in [5.74, 6) is 1.27. The minimum Gasteiger partial charge on any atom is -0.493 e. The summed E-state index contributed by atoms with van der Waals surface area (Å²) in [5, 5.41) is 2.43. The Bertz CT molecular complexity index is 393. The third kappa shape index (κ3) is 2.28. The summed E-state index contributed by atoms with van der Waals surface area (Å²) < 4.78 is 15.4. The summed E-state index contributed by atoms with van der Waals surface area (Å²) in [6.07, 6.45) is 0. The smallest absolute Gasteiger partial charge is 0.316 e. The van der Waals surface area contributed by atoms with Crippen LogP contribution in [0.3, 0.4) is 0 Å². The zero-order chi connectivity index (χ0) is 12.1. The van der Waals surface area contributed by atoms with Crippen molar-refractivity contribution >= 4 is 11.7 Å². The molecule has 2 amide bonds. The van der Waals surface area contributed by atoms with E-state index in [0.29, 0.717) is 22.9 Å². The Labute approximate surface area is 93.3 Å². The molecule has 1 rings (SSSR count). The van der Waals surface area contributed by atoms with Crippen molar-refractivity contribution < 1.29 is 19.0 Å². The van der Waals surface area contributed by atoms with Crippen molar-refractivity contribution in [3.05, 3.63) is 12.1 Å². The monoisotopic (exact) mass is 226 g/mol. The molecule has 6 nitrogen and oxygen atoms in total. The third-order valence-electron chi connectivity index (χ3n) is 1.96. The maximum absolute atomic E-state index is 10.8. The molecule has 0 spiro atoms. The first-order chi connectivity index (χ1) is 7.63. The van der Waals surface area contributed by atoms with Crippen molar-refractivity contribution in [3.8, 4) is 17.2 Å². The van der Waals surface area contributed by atoms with Crippen molar-refractivity contribution in [2.24, 2.45) is 5.73 Å². The van der Waals surface area contributed by atoms with Crippen molar-refractivity contribution in [3.63, 3.8) is 0 Å². The summed E-state index contributed by atoms with van der Waals surface area (Å²) in [7, 11) is 4.45. The van der Waals surface area contributed by atoms with Crippen molar-refractivity contribution in [1.29, 1.82) is 0 Å². The van der Waals surface area contributed by atoms with Crippen LogP contribution < -0.4 is 25.3 Å². The van der Waals surface area contributed by atoms with Gasteiger partial charge < -0.3 is 25.3 Å². The second-order valence-electron chi connectivity index (χ2n) is 2.87. The molecule has 0 unspecified atom stereocenters. The third-order valence-corrected chi connectivity index (χ3v) is 1.96. The molecule has 0 bridgehead atoms. The lowest BCUT2D eigenvalue weighted by molar-refractivity contribution is 0.259. The van der Waals surface area contributed by atoms with Gasteiger partial charge in [-0.05, 0) is 12.1 Å². The van der Waals surface area contributed by atoms with Crippen LogP contribution in [0.5, 0.6) is 17.2 Å². The van der Waals surface area contributed by atoms with Crippen LogP contribution in [0.15, 0.2) is 12.1 Å². The zero-order valence-electron chi connectivity index (χ0n) is 9.37. The lowest BCUT2D eigenvalue weighted by Crippen LogP contribution is -2.19. The highest BCUT2D eigenvalue weighted by atomic mass is 16.5. The lowest BCUT2D eigenvalue weighted by Gasteiger charge is -2.15. The topological polar surface area (TPSA) is 82.8 Å². The summed E-state index contributed by atoms with van der Waals surface area (Å²) in [5.41, 5.74) is 5.46. The molecule has 0 heterocycles. The van der Waals surface area contributed by atoms with Gasteiger partial charge in [-0.3, -0.25) is 0 Å². The minimum atomic E-state index is -0.675. The highest BCUT2D eigenvalue weighted by molar-refractivity contribution is 5.90. The normalized spacial score (nSPS) is 9.44. The van der Waals surface area contributed by atoms with Gasteiger partial charge in [0, 0.05) is 0 Å². The zero-order valence-corrected chi connectivity index (χ0v) is 9.37. The number of primary amides is 1. The van der Waals surface area contributed by atoms with Crippen LogP contribution in [0.2, 0.25) is 0 Å². The molecule has 0 aliphatic heterocycles. The molecule has 6 heteroatoms. The van der Waals surface area contributed by atoms with Crippen molar-refractivity contribution in [2.75, 3.05) is 26.6 Å². The Morgan fingerprint density at radius 1 is 1.12 bits per heavy atom. The number of rotatable bonds is 4. The van der Waals surface area contributed by atoms with Gasteiger partial charge in [0.15, 0.2) is 11.5 Å². The number of nitrogens with two attached hydrogens (primary N) is 1. The largest absolute Gasteiger partial charge is 0.493 e. The fraction of sp³-hybridized carbons (Fsp3) is 0.300. The first kappa shape index (κ1) is 12.0. The van der Waals surface area contributed by atoms with Crippen LogP contribution in [0.25, 0.3) is 0 Å². The molecular weight excluding hydrogens is 212 g/mol. The van der Waals surface area contributed by atoms with Gasteiger partial charge in [-0.25, -0.2) is 4.79 Å². The Kier molecular flexibility index (Phi) is 3.82. The number of nitrogens with one attached hydrogen (secondary N) is 1. The van der Waals surface area contributed by atoms with Gasteiger partial charge >= 0.3 is 6.03 Å². The van der Waals surface area contributed by atoms with E-state index in [4.69, 9.17) is 19.9 Å². The fourth-order valence-electron chi connectivity index (χ4n) is 1.33. The Morgan fingerprint density at radius 3 is 2.19 bits per heavy atom. The van der Waals surface area contributed by atoms with Gasteiger partial charge in [0.25, 0.3) is 0 Å². The Balaban J connectivity index is 3.25. The van der Waals surface area contributed by atoms with E-state index >= 15 is 0 Å². The van der Waals surface area contributed by atoms with E-state index in [0.717, 1.165) is 0 Å². The molecule has 16 heavy (non-hydrogen) atoms. The van der Waals surface area contributed by atoms with E-state index in [1.165, 1.54) is 21.3 Å². The van der Waals surface area contributed by atoms with Crippen LogP contribution >= 0.6 is 0 Å². The number of benzene rings is 1. The molecule has 0 radical (unpaired) electrons. The minimum absolute atomic E-state index is 0.362. The molecule has 3 N–H and O–H groups in total. The van der Waals surface area contributed by atoms with Crippen LogP contribution in [0.1, 0.15) is 0 Å².